The minimum absolute atomic E-state index is 0.179. The molecular weight excluding hydrogens is 370 g/mol. The molecule has 3 rings (SSSR count). The van der Waals surface area contributed by atoms with Crippen LogP contribution >= 0.6 is 0 Å². The van der Waals surface area contributed by atoms with Crippen molar-refractivity contribution in [3.8, 4) is 11.4 Å². The van der Waals surface area contributed by atoms with E-state index in [0.717, 1.165) is 22.5 Å². The van der Waals surface area contributed by atoms with Crippen LogP contribution in [0.25, 0.3) is 5.69 Å². The van der Waals surface area contributed by atoms with E-state index in [4.69, 9.17) is 4.74 Å². The van der Waals surface area contributed by atoms with Gasteiger partial charge in [0.2, 0.25) is 0 Å². The Hall–Kier alpha value is -3.61. The number of methoxy groups -OCH3 is 1. The molecule has 0 atom stereocenters. The fourth-order valence-electron chi connectivity index (χ4n) is 3.06. The largest absolute Gasteiger partial charge is 0.481 e. The van der Waals surface area contributed by atoms with Gasteiger partial charge < -0.3 is 14.8 Å². The van der Waals surface area contributed by atoms with Gasteiger partial charge in [0.05, 0.1) is 30.4 Å². The number of amides is 1. The smallest absolute Gasteiger partial charge is 0.343 e. The molecule has 0 aliphatic carbocycles. The molecule has 7 heteroatoms. The molecule has 0 aliphatic rings. The average molecular weight is 393 g/mol. The maximum absolute atomic E-state index is 12.8. The predicted octanol–water partition coefficient (Wildman–Crippen LogP) is 3.60. The van der Waals surface area contributed by atoms with E-state index in [9.17, 15) is 9.59 Å². The third-order valence-electron chi connectivity index (χ3n) is 4.54. The molecule has 2 aromatic carbocycles. The molecule has 1 heterocycles. The quantitative estimate of drug-likeness (QED) is 0.647. The van der Waals surface area contributed by atoms with E-state index in [2.05, 4.69) is 15.2 Å². The Morgan fingerprint density at radius 1 is 1.07 bits per heavy atom. The summed E-state index contributed by atoms with van der Waals surface area (Å²) in [6.07, 6.45) is 1.63. The Bertz CT molecular complexity index is 1020. The number of carbonyl (C=O) groups is 2. The van der Waals surface area contributed by atoms with Crippen LogP contribution in [-0.2, 0) is 9.53 Å². The van der Waals surface area contributed by atoms with Crippen LogP contribution in [0.1, 0.15) is 27.2 Å². The summed E-state index contributed by atoms with van der Waals surface area (Å²) in [5, 5.41) is 7.28. The molecule has 1 amide bonds. The maximum atomic E-state index is 12.8. The molecule has 0 aliphatic heterocycles. The van der Waals surface area contributed by atoms with Gasteiger partial charge in [0.25, 0.3) is 5.91 Å². The lowest BCUT2D eigenvalue weighted by atomic mass is 10.0. The zero-order valence-electron chi connectivity index (χ0n) is 16.9. The number of rotatable bonds is 6. The second kappa shape index (κ2) is 8.60. The van der Waals surface area contributed by atoms with Crippen molar-refractivity contribution >= 4 is 17.6 Å². The fraction of sp³-hybridized carbons (Fsp3) is 0.227. The molecule has 150 valence electrons. The van der Waals surface area contributed by atoms with Crippen LogP contribution in [0.2, 0.25) is 0 Å². The number of para-hydroxylation sites is 1. The number of aryl methyl sites for hydroxylation is 2. The second-order valence-corrected chi connectivity index (χ2v) is 6.65. The van der Waals surface area contributed by atoms with Crippen molar-refractivity contribution in [1.82, 2.24) is 9.78 Å². The number of esters is 1. The molecule has 0 fully saturated rings. The van der Waals surface area contributed by atoms with Gasteiger partial charge in [-0.3, -0.25) is 4.79 Å². The highest BCUT2D eigenvalue weighted by atomic mass is 16.6. The Balaban J connectivity index is 1.78. The predicted molar refractivity (Wildman–Crippen MR) is 110 cm³/mol. The molecule has 0 saturated carbocycles. The van der Waals surface area contributed by atoms with Crippen molar-refractivity contribution in [2.24, 2.45) is 0 Å². The summed E-state index contributed by atoms with van der Waals surface area (Å²) in [4.78, 5) is 24.1. The van der Waals surface area contributed by atoms with E-state index in [-0.39, 0.29) is 12.5 Å². The Morgan fingerprint density at radius 3 is 2.34 bits per heavy atom. The van der Waals surface area contributed by atoms with Crippen LogP contribution in [0.5, 0.6) is 5.75 Å². The van der Waals surface area contributed by atoms with Crippen LogP contribution < -0.4 is 10.1 Å². The maximum Gasteiger partial charge on any atom is 0.343 e. The van der Waals surface area contributed by atoms with E-state index in [1.54, 1.807) is 23.0 Å². The average Bonchev–Trinajstić information content (AvgIpc) is 3.07. The Kier molecular flexibility index (Phi) is 5.97. The number of aromatic nitrogens is 2. The number of carbonyl (C=O) groups excluding carboxylic acids is 2. The van der Waals surface area contributed by atoms with Gasteiger partial charge in [-0.2, -0.15) is 5.10 Å². The van der Waals surface area contributed by atoms with Crippen molar-refractivity contribution < 1.29 is 19.1 Å². The van der Waals surface area contributed by atoms with Gasteiger partial charge in [-0.05, 0) is 56.2 Å². The van der Waals surface area contributed by atoms with Crippen LogP contribution in [0.4, 0.5) is 5.69 Å². The number of nitrogens with zero attached hydrogens (tertiary/aromatic N) is 2. The van der Waals surface area contributed by atoms with Gasteiger partial charge >= 0.3 is 5.97 Å². The Labute approximate surface area is 169 Å². The molecule has 7 nitrogen and oxygen atoms in total. The summed E-state index contributed by atoms with van der Waals surface area (Å²) in [6.45, 7) is 5.38. The van der Waals surface area contributed by atoms with Crippen molar-refractivity contribution in [3.63, 3.8) is 0 Å². The molecule has 0 saturated heterocycles. The summed E-state index contributed by atoms with van der Waals surface area (Å²) in [6, 6.07) is 13.2. The highest BCUT2D eigenvalue weighted by Gasteiger charge is 2.16. The molecule has 0 bridgehead atoms. The standard InChI is InChI=1S/C22H23N3O4/c1-14-10-17(11-15(2)21(14)29-13-20(26)28-4)22(27)24-19-12-23-25(16(19)3)18-8-6-5-7-9-18/h5-12H,13H2,1-4H3,(H,24,27). The Morgan fingerprint density at radius 2 is 1.72 bits per heavy atom. The van der Waals surface area contributed by atoms with E-state index >= 15 is 0 Å². The number of hydrogen-bond donors (Lipinski definition) is 1. The van der Waals surface area contributed by atoms with E-state index in [0.29, 0.717) is 17.0 Å². The molecule has 1 N–H and O–H groups in total. The lowest BCUT2D eigenvalue weighted by Gasteiger charge is -2.13. The summed E-state index contributed by atoms with van der Waals surface area (Å²) in [5.74, 6) is -0.136. The monoisotopic (exact) mass is 393 g/mol. The zero-order valence-corrected chi connectivity index (χ0v) is 16.9. The van der Waals surface area contributed by atoms with Crippen LogP contribution in [0.3, 0.4) is 0 Å². The van der Waals surface area contributed by atoms with Gasteiger partial charge in [0.15, 0.2) is 6.61 Å². The van der Waals surface area contributed by atoms with Gasteiger partial charge in [-0.1, -0.05) is 18.2 Å². The van der Waals surface area contributed by atoms with Gasteiger partial charge in [-0.25, -0.2) is 9.48 Å². The van der Waals surface area contributed by atoms with E-state index < -0.39 is 5.97 Å². The number of hydrogen-bond acceptors (Lipinski definition) is 5. The third kappa shape index (κ3) is 4.45. The lowest BCUT2D eigenvalue weighted by molar-refractivity contribution is -0.142. The highest BCUT2D eigenvalue weighted by Crippen LogP contribution is 2.26. The molecule has 3 aromatic rings. The minimum Gasteiger partial charge on any atom is -0.481 e. The fourth-order valence-corrected chi connectivity index (χ4v) is 3.06. The van der Waals surface area contributed by atoms with Gasteiger partial charge in [-0.15, -0.1) is 0 Å². The van der Waals surface area contributed by atoms with Crippen molar-refractivity contribution in [1.29, 1.82) is 0 Å². The second-order valence-electron chi connectivity index (χ2n) is 6.65. The van der Waals surface area contributed by atoms with E-state index in [1.165, 1.54) is 7.11 Å². The number of nitrogens with one attached hydrogen (secondary N) is 1. The minimum atomic E-state index is -0.462. The first-order chi connectivity index (χ1) is 13.9. The molecule has 0 unspecified atom stereocenters. The summed E-state index contributed by atoms with van der Waals surface area (Å²) >= 11 is 0. The highest BCUT2D eigenvalue weighted by molar-refractivity contribution is 6.05. The zero-order chi connectivity index (χ0) is 21.0. The van der Waals surface area contributed by atoms with Crippen LogP contribution in [-0.4, -0.2) is 35.4 Å². The molecule has 29 heavy (non-hydrogen) atoms. The van der Waals surface area contributed by atoms with Gasteiger partial charge in [0, 0.05) is 5.56 Å². The molecule has 0 radical (unpaired) electrons. The first-order valence-electron chi connectivity index (χ1n) is 9.13. The lowest BCUT2D eigenvalue weighted by Crippen LogP contribution is -2.15. The third-order valence-corrected chi connectivity index (χ3v) is 4.54. The number of benzene rings is 2. The number of ether oxygens (including phenoxy) is 2. The SMILES string of the molecule is COC(=O)COc1c(C)cc(C(=O)Nc2cnn(-c3ccccc3)c2C)cc1C. The van der Waals surface area contributed by atoms with Crippen molar-refractivity contribution in [2.45, 2.75) is 20.8 Å². The van der Waals surface area contributed by atoms with Crippen molar-refractivity contribution in [3.05, 3.63) is 71.0 Å². The molecule has 1 aromatic heterocycles. The first-order valence-corrected chi connectivity index (χ1v) is 9.13. The molecular formula is C22H23N3O4. The van der Waals surface area contributed by atoms with E-state index in [1.807, 2.05) is 51.1 Å². The van der Waals surface area contributed by atoms with Gasteiger partial charge in [0.1, 0.15) is 5.75 Å². The molecule has 0 spiro atoms. The summed E-state index contributed by atoms with van der Waals surface area (Å²) in [5.41, 5.74) is 4.41. The van der Waals surface area contributed by atoms with Crippen LogP contribution in [0.15, 0.2) is 48.7 Å². The first kappa shape index (κ1) is 20.1. The number of anilines is 1. The topological polar surface area (TPSA) is 82.4 Å². The van der Waals surface area contributed by atoms with Crippen LogP contribution in [0, 0.1) is 20.8 Å². The van der Waals surface area contributed by atoms with Crippen molar-refractivity contribution in [2.75, 3.05) is 19.0 Å². The summed E-state index contributed by atoms with van der Waals surface area (Å²) in [7, 11) is 1.31. The normalized spacial score (nSPS) is 10.5. The summed E-state index contributed by atoms with van der Waals surface area (Å²) < 4.78 is 11.9.